The summed E-state index contributed by atoms with van der Waals surface area (Å²) in [5.74, 6) is 0.159. The smallest absolute Gasteiger partial charge is 0.211 e. The Labute approximate surface area is 97.8 Å². The highest BCUT2D eigenvalue weighted by Crippen LogP contribution is 2.35. The topological polar surface area (TPSA) is 69.6 Å². The van der Waals surface area contributed by atoms with Crippen molar-refractivity contribution in [3.05, 3.63) is 42.1 Å². The van der Waals surface area contributed by atoms with Crippen molar-refractivity contribution in [2.45, 2.75) is 0 Å². The van der Waals surface area contributed by atoms with Gasteiger partial charge in [0.2, 0.25) is 6.41 Å². The summed E-state index contributed by atoms with van der Waals surface area (Å²) in [7, 11) is 0. The van der Waals surface area contributed by atoms with Crippen LogP contribution in [0.5, 0.6) is 11.5 Å². The van der Waals surface area contributed by atoms with E-state index < -0.39 is 0 Å². The molecule has 0 spiro atoms. The quantitative estimate of drug-likeness (QED) is 0.556. The van der Waals surface area contributed by atoms with Crippen LogP contribution in [0.4, 0.5) is 0 Å². The Morgan fingerprint density at radius 1 is 1.12 bits per heavy atom. The second-order valence-electron chi connectivity index (χ2n) is 3.50. The van der Waals surface area contributed by atoms with Crippen LogP contribution in [0.3, 0.4) is 0 Å². The lowest BCUT2D eigenvalue weighted by Crippen LogP contribution is -1.97. The molecule has 0 saturated carbocycles. The number of aromatic hydroxyl groups is 2. The molecule has 17 heavy (non-hydrogen) atoms. The summed E-state index contributed by atoms with van der Waals surface area (Å²) in [4.78, 5) is 10.1. The largest absolute Gasteiger partial charge is 0.507 e. The fourth-order valence-electron chi connectivity index (χ4n) is 1.67. The number of nitrogens with one attached hydrogen (secondary N) is 1. The normalized spacial score (nSPS) is 10.8. The van der Waals surface area contributed by atoms with Crippen molar-refractivity contribution in [2.24, 2.45) is 0 Å². The number of carbonyl (C=O) groups excluding carboxylic acids is 1. The molecule has 1 amide bonds. The molecular formula is C13H11NO3. The second kappa shape index (κ2) is 4.57. The molecule has 0 saturated heterocycles. The maximum atomic E-state index is 10.1. The third-order valence-electron chi connectivity index (χ3n) is 2.45. The van der Waals surface area contributed by atoms with Crippen molar-refractivity contribution in [1.82, 2.24) is 5.32 Å². The number of fused-ring (bicyclic) bond motifs is 1. The Kier molecular flexibility index (Phi) is 2.96. The minimum absolute atomic E-state index is 0.0716. The van der Waals surface area contributed by atoms with Crippen LogP contribution in [0.25, 0.3) is 16.8 Å². The lowest BCUT2D eigenvalue weighted by Gasteiger charge is -2.06. The summed E-state index contributed by atoms with van der Waals surface area (Å²) in [5, 5.41) is 23.3. The molecule has 0 heterocycles. The van der Waals surface area contributed by atoms with Crippen LogP contribution >= 0.6 is 0 Å². The van der Waals surface area contributed by atoms with Gasteiger partial charge in [-0.15, -0.1) is 0 Å². The first kappa shape index (κ1) is 11.0. The Hall–Kier alpha value is -2.49. The number of rotatable bonds is 3. The number of phenolic OH excluding ortho intramolecular Hbond substituents is 2. The van der Waals surface area contributed by atoms with Crippen molar-refractivity contribution >= 4 is 23.3 Å². The van der Waals surface area contributed by atoms with E-state index in [0.717, 1.165) is 0 Å². The van der Waals surface area contributed by atoms with Crippen molar-refractivity contribution in [3.63, 3.8) is 0 Å². The maximum absolute atomic E-state index is 10.1. The van der Waals surface area contributed by atoms with E-state index in [-0.39, 0.29) is 11.5 Å². The molecule has 4 heteroatoms. The summed E-state index contributed by atoms with van der Waals surface area (Å²) in [5.41, 5.74) is 0.440. The molecule has 0 aromatic heterocycles. The van der Waals surface area contributed by atoms with E-state index in [2.05, 4.69) is 5.32 Å². The van der Waals surface area contributed by atoms with Crippen LogP contribution in [0.2, 0.25) is 0 Å². The lowest BCUT2D eigenvalue weighted by molar-refractivity contribution is -0.108. The van der Waals surface area contributed by atoms with Crippen LogP contribution in [-0.2, 0) is 4.79 Å². The summed E-state index contributed by atoms with van der Waals surface area (Å²) in [6, 6.07) is 8.45. The number of amides is 1. The first-order valence-corrected chi connectivity index (χ1v) is 5.04. The SMILES string of the molecule is O=CNC=Cc1cc(O)c2ccccc2c1O. The molecule has 0 aliphatic heterocycles. The average molecular weight is 229 g/mol. The molecule has 0 fully saturated rings. The standard InChI is InChI=1S/C13H11NO3/c15-8-14-6-5-9-7-12(16)10-3-1-2-4-11(10)13(9)17/h1-8,16-17H,(H,14,15). The molecule has 0 atom stereocenters. The van der Waals surface area contributed by atoms with Crippen LogP contribution in [0.15, 0.2) is 36.5 Å². The van der Waals surface area contributed by atoms with Crippen LogP contribution in [0, 0.1) is 0 Å². The fourth-order valence-corrected chi connectivity index (χ4v) is 1.67. The third kappa shape index (κ3) is 2.06. The predicted octanol–water partition coefficient (Wildman–Crippen LogP) is 1.97. The van der Waals surface area contributed by atoms with Gasteiger partial charge in [0.15, 0.2) is 0 Å². The van der Waals surface area contributed by atoms with Crippen LogP contribution in [0.1, 0.15) is 5.56 Å². The summed E-state index contributed by atoms with van der Waals surface area (Å²) < 4.78 is 0. The molecule has 2 aromatic carbocycles. The van der Waals surface area contributed by atoms with Gasteiger partial charge < -0.3 is 15.5 Å². The van der Waals surface area contributed by atoms with Gasteiger partial charge in [-0.25, -0.2) is 0 Å². The molecule has 0 radical (unpaired) electrons. The molecule has 4 nitrogen and oxygen atoms in total. The van der Waals surface area contributed by atoms with Crippen LogP contribution in [-0.4, -0.2) is 16.6 Å². The molecule has 2 rings (SSSR count). The van der Waals surface area contributed by atoms with Gasteiger partial charge in [-0.05, 0) is 12.1 Å². The van der Waals surface area contributed by atoms with Crippen molar-refractivity contribution in [2.75, 3.05) is 0 Å². The summed E-state index contributed by atoms with van der Waals surface area (Å²) >= 11 is 0. The number of carbonyl (C=O) groups is 1. The van der Waals surface area contributed by atoms with Gasteiger partial charge in [0.05, 0.1) is 0 Å². The zero-order valence-corrected chi connectivity index (χ0v) is 8.92. The van der Waals surface area contributed by atoms with Gasteiger partial charge in [0.1, 0.15) is 11.5 Å². The molecule has 86 valence electrons. The highest BCUT2D eigenvalue weighted by molar-refractivity contribution is 5.95. The highest BCUT2D eigenvalue weighted by Gasteiger charge is 2.08. The molecule has 2 aromatic rings. The Bertz CT molecular complexity index is 590. The number of benzene rings is 2. The van der Waals surface area contributed by atoms with Gasteiger partial charge in [-0.1, -0.05) is 24.3 Å². The minimum atomic E-state index is 0.0716. The zero-order chi connectivity index (χ0) is 12.3. The lowest BCUT2D eigenvalue weighted by atomic mass is 10.0. The van der Waals surface area contributed by atoms with Gasteiger partial charge >= 0.3 is 0 Å². The fraction of sp³-hybridized carbons (Fsp3) is 0. The van der Waals surface area contributed by atoms with E-state index in [1.165, 1.54) is 18.3 Å². The molecule has 0 aliphatic rings. The number of hydrogen-bond acceptors (Lipinski definition) is 3. The maximum Gasteiger partial charge on any atom is 0.211 e. The van der Waals surface area contributed by atoms with E-state index in [1.807, 2.05) is 0 Å². The van der Waals surface area contributed by atoms with Crippen LogP contribution < -0.4 is 5.32 Å². The first-order valence-electron chi connectivity index (χ1n) is 5.04. The van der Waals surface area contributed by atoms with E-state index >= 15 is 0 Å². The van der Waals surface area contributed by atoms with E-state index in [0.29, 0.717) is 22.7 Å². The number of phenols is 2. The third-order valence-corrected chi connectivity index (χ3v) is 2.45. The Morgan fingerprint density at radius 3 is 2.53 bits per heavy atom. The van der Waals surface area contributed by atoms with Gasteiger partial charge in [-0.2, -0.15) is 0 Å². The highest BCUT2D eigenvalue weighted by atomic mass is 16.3. The average Bonchev–Trinajstić information content (AvgIpc) is 2.36. The van der Waals surface area contributed by atoms with E-state index in [4.69, 9.17) is 0 Å². The van der Waals surface area contributed by atoms with E-state index in [1.54, 1.807) is 24.3 Å². The Morgan fingerprint density at radius 2 is 1.82 bits per heavy atom. The van der Waals surface area contributed by atoms with Gasteiger partial charge in [0, 0.05) is 22.5 Å². The molecular weight excluding hydrogens is 218 g/mol. The zero-order valence-electron chi connectivity index (χ0n) is 8.92. The summed E-state index contributed by atoms with van der Waals surface area (Å²) in [6.45, 7) is 0. The molecule has 0 unspecified atom stereocenters. The van der Waals surface area contributed by atoms with Gasteiger partial charge in [-0.3, -0.25) is 4.79 Å². The summed E-state index contributed by atoms with van der Waals surface area (Å²) in [6.07, 6.45) is 3.42. The molecule has 3 N–H and O–H groups in total. The predicted molar refractivity (Wildman–Crippen MR) is 65.5 cm³/mol. The monoisotopic (exact) mass is 229 g/mol. The molecule has 0 bridgehead atoms. The van der Waals surface area contributed by atoms with Crippen molar-refractivity contribution in [1.29, 1.82) is 0 Å². The van der Waals surface area contributed by atoms with Crippen molar-refractivity contribution < 1.29 is 15.0 Å². The van der Waals surface area contributed by atoms with Gasteiger partial charge in [0.25, 0.3) is 0 Å². The molecule has 0 aliphatic carbocycles. The Balaban J connectivity index is 2.58. The van der Waals surface area contributed by atoms with E-state index in [9.17, 15) is 15.0 Å². The minimum Gasteiger partial charge on any atom is -0.507 e. The second-order valence-corrected chi connectivity index (χ2v) is 3.50. The van der Waals surface area contributed by atoms with Crippen molar-refractivity contribution in [3.8, 4) is 11.5 Å². The first-order chi connectivity index (χ1) is 8.24. The number of hydrogen-bond donors (Lipinski definition) is 3.